The van der Waals surface area contributed by atoms with Crippen molar-refractivity contribution in [2.24, 2.45) is 4.40 Å². The fourth-order valence-electron chi connectivity index (χ4n) is 1.79. The zero-order valence-corrected chi connectivity index (χ0v) is 9.17. The van der Waals surface area contributed by atoms with E-state index in [0.717, 1.165) is 29.7 Å². The van der Waals surface area contributed by atoms with E-state index in [1.165, 1.54) is 0 Å². The van der Waals surface area contributed by atoms with E-state index in [9.17, 15) is 4.55 Å². The molecule has 1 atom stereocenters. The lowest BCUT2D eigenvalue weighted by atomic mass is 10.1. The Hall–Kier alpha value is -1.31. The molecule has 0 bridgehead atoms. The van der Waals surface area contributed by atoms with Crippen LogP contribution in [-0.2, 0) is 17.8 Å². The normalized spacial score (nSPS) is 18.6. The first-order valence-electron chi connectivity index (χ1n) is 4.65. The van der Waals surface area contributed by atoms with Gasteiger partial charge in [-0.2, -0.15) is 5.26 Å². The van der Waals surface area contributed by atoms with Gasteiger partial charge in [0.2, 0.25) is 0 Å². The number of aryl methyl sites for hydroxylation is 1. The van der Waals surface area contributed by atoms with Crippen molar-refractivity contribution in [2.45, 2.75) is 12.8 Å². The number of nitrogens with zero attached hydrogens (tertiary/aromatic N) is 2. The molecule has 0 unspecified atom stereocenters. The molecule has 0 saturated carbocycles. The Kier molecular flexibility index (Phi) is 2.76. The second-order valence-corrected chi connectivity index (χ2v) is 4.48. The highest BCUT2D eigenvalue weighted by Crippen LogP contribution is 2.24. The van der Waals surface area contributed by atoms with Crippen LogP contribution in [0.2, 0.25) is 0 Å². The molecule has 0 aliphatic heterocycles. The molecule has 3 nitrogen and oxygen atoms in total. The second-order valence-electron chi connectivity index (χ2n) is 3.45. The van der Waals surface area contributed by atoms with Crippen molar-refractivity contribution in [2.75, 3.05) is 6.26 Å². The van der Waals surface area contributed by atoms with E-state index >= 15 is 0 Å². The summed E-state index contributed by atoms with van der Waals surface area (Å²) in [6.07, 6.45) is 3.28. The zero-order valence-electron chi connectivity index (χ0n) is 8.36. The number of benzene rings is 1. The molecule has 4 heteroatoms. The average molecular weight is 218 g/mol. The van der Waals surface area contributed by atoms with E-state index < -0.39 is 11.4 Å². The van der Waals surface area contributed by atoms with E-state index in [-0.39, 0.29) is 0 Å². The van der Waals surface area contributed by atoms with Crippen molar-refractivity contribution in [3.63, 3.8) is 0 Å². The molecule has 2 rings (SSSR count). The topological polar surface area (TPSA) is 59.2 Å². The minimum absolute atomic E-state index is 0.674. The molecular formula is C11H10N2OS. The molecule has 0 amide bonds. The highest BCUT2D eigenvalue weighted by Gasteiger charge is 2.19. The van der Waals surface area contributed by atoms with Gasteiger partial charge in [-0.05, 0) is 30.5 Å². The maximum absolute atomic E-state index is 11.0. The highest BCUT2D eigenvalue weighted by atomic mass is 32.2. The van der Waals surface area contributed by atoms with Crippen molar-refractivity contribution in [1.29, 1.82) is 5.26 Å². The first-order chi connectivity index (χ1) is 7.20. The maximum Gasteiger partial charge on any atom is 0.123 e. The molecule has 1 aliphatic carbocycles. The number of nitriles is 1. The SMILES string of the molecule is C[S@@+]([O-])/N=C1\CCc2cc(C#N)ccc21. The van der Waals surface area contributed by atoms with Crippen LogP contribution in [0, 0.1) is 11.3 Å². The largest absolute Gasteiger partial charge is 0.591 e. The van der Waals surface area contributed by atoms with Crippen LogP contribution in [-0.4, -0.2) is 16.5 Å². The number of hydrogen-bond acceptors (Lipinski definition) is 3. The molecule has 15 heavy (non-hydrogen) atoms. The summed E-state index contributed by atoms with van der Waals surface area (Å²) in [5.41, 5.74) is 3.75. The molecule has 76 valence electrons. The molecule has 1 aromatic carbocycles. The van der Waals surface area contributed by atoms with Crippen molar-refractivity contribution < 1.29 is 4.55 Å². The van der Waals surface area contributed by atoms with Gasteiger partial charge in [-0.1, -0.05) is 10.5 Å². The Balaban J connectivity index is 2.41. The first-order valence-corrected chi connectivity index (χ1v) is 6.16. The minimum atomic E-state index is -1.15. The van der Waals surface area contributed by atoms with Gasteiger partial charge in [0.05, 0.1) is 28.7 Å². The lowest BCUT2D eigenvalue weighted by Crippen LogP contribution is -2.00. The summed E-state index contributed by atoms with van der Waals surface area (Å²) in [6.45, 7) is 0. The Morgan fingerprint density at radius 1 is 1.47 bits per heavy atom. The van der Waals surface area contributed by atoms with Gasteiger partial charge in [0.1, 0.15) is 6.26 Å². The van der Waals surface area contributed by atoms with Gasteiger partial charge in [0.15, 0.2) is 0 Å². The van der Waals surface area contributed by atoms with Crippen LogP contribution in [0.3, 0.4) is 0 Å². The Labute approximate surface area is 91.8 Å². The molecule has 0 radical (unpaired) electrons. The zero-order chi connectivity index (χ0) is 10.8. The Bertz CT molecular complexity index is 460. The predicted octanol–water partition coefficient (Wildman–Crippen LogP) is 1.59. The van der Waals surface area contributed by atoms with Crippen LogP contribution in [0.25, 0.3) is 0 Å². The van der Waals surface area contributed by atoms with E-state index in [2.05, 4.69) is 10.5 Å². The Morgan fingerprint density at radius 3 is 2.93 bits per heavy atom. The predicted molar refractivity (Wildman–Crippen MR) is 60.1 cm³/mol. The second kappa shape index (κ2) is 4.05. The summed E-state index contributed by atoms with van der Waals surface area (Å²) in [6, 6.07) is 7.67. The van der Waals surface area contributed by atoms with Crippen LogP contribution in [0.4, 0.5) is 0 Å². The fourth-order valence-corrected chi connectivity index (χ4v) is 2.29. The summed E-state index contributed by atoms with van der Waals surface area (Å²) in [7, 11) is 0. The van der Waals surface area contributed by atoms with E-state index in [0.29, 0.717) is 5.56 Å². The summed E-state index contributed by atoms with van der Waals surface area (Å²) in [5.74, 6) is 0. The maximum atomic E-state index is 11.0. The average Bonchev–Trinajstić information content (AvgIpc) is 2.60. The highest BCUT2D eigenvalue weighted by molar-refractivity contribution is 7.89. The number of rotatable bonds is 1. The monoisotopic (exact) mass is 218 g/mol. The molecule has 0 fully saturated rings. The molecule has 0 saturated heterocycles. The molecule has 1 aliphatic rings. The van der Waals surface area contributed by atoms with Gasteiger partial charge in [-0.3, -0.25) is 0 Å². The summed E-state index contributed by atoms with van der Waals surface area (Å²) >= 11 is -1.15. The third-order valence-electron chi connectivity index (χ3n) is 2.42. The van der Waals surface area contributed by atoms with E-state index in [1.54, 1.807) is 12.3 Å². The lowest BCUT2D eigenvalue weighted by molar-refractivity contribution is 0.602. The third kappa shape index (κ3) is 2.04. The van der Waals surface area contributed by atoms with Crippen LogP contribution < -0.4 is 0 Å². The van der Waals surface area contributed by atoms with Gasteiger partial charge in [-0.15, -0.1) is 0 Å². The first kappa shape index (κ1) is 10.2. The van der Waals surface area contributed by atoms with Crippen molar-refractivity contribution >= 4 is 17.1 Å². The smallest absolute Gasteiger partial charge is 0.123 e. The molecule has 0 spiro atoms. The molecule has 1 aromatic rings. The van der Waals surface area contributed by atoms with Crippen LogP contribution >= 0.6 is 0 Å². The molecule has 0 N–H and O–H groups in total. The van der Waals surface area contributed by atoms with Gasteiger partial charge in [0, 0.05) is 5.56 Å². The number of fused-ring (bicyclic) bond motifs is 1. The third-order valence-corrected chi connectivity index (χ3v) is 2.89. The molecular weight excluding hydrogens is 208 g/mol. The lowest BCUT2D eigenvalue weighted by Gasteiger charge is -2.00. The minimum Gasteiger partial charge on any atom is -0.591 e. The van der Waals surface area contributed by atoms with Crippen LogP contribution in [0.15, 0.2) is 22.6 Å². The van der Waals surface area contributed by atoms with Gasteiger partial charge in [-0.25, -0.2) is 0 Å². The fraction of sp³-hybridized carbons (Fsp3) is 0.273. The summed E-state index contributed by atoms with van der Waals surface area (Å²) in [4.78, 5) is 0. The Morgan fingerprint density at radius 2 is 2.27 bits per heavy atom. The molecule has 0 heterocycles. The van der Waals surface area contributed by atoms with Crippen molar-refractivity contribution in [1.82, 2.24) is 0 Å². The quantitative estimate of drug-likeness (QED) is 0.672. The number of hydrogen-bond donors (Lipinski definition) is 0. The van der Waals surface area contributed by atoms with Gasteiger partial charge in [0.25, 0.3) is 0 Å². The summed E-state index contributed by atoms with van der Waals surface area (Å²) < 4.78 is 15.1. The molecule has 0 aromatic heterocycles. The van der Waals surface area contributed by atoms with Crippen LogP contribution in [0.1, 0.15) is 23.1 Å². The summed E-state index contributed by atoms with van der Waals surface area (Å²) in [5, 5.41) is 8.75. The van der Waals surface area contributed by atoms with Crippen molar-refractivity contribution in [3.05, 3.63) is 34.9 Å². The van der Waals surface area contributed by atoms with Gasteiger partial charge < -0.3 is 4.55 Å². The van der Waals surface area contributed by atoms with E-state index in [1.807, 2.05) is 12.1 Å². The van der Waals surface area contributed by atoms with Crippen LogP contribution in [0.5, 0.6) is 0 Å². The van der Waals surface area contributed by atoms with Gasteiger partial charge >= 0.3 is 0 Å². The standard InChI is InChI=1S/C11H10N2OS/c1-15(14)13-11-5-3-9-6-8(7-12)2-4-10(9)11/h2,4,6H,3,5H2,1H3/b13-11+/t15-/m1/s1. The van der Waals surface area contributed by atoms with Crippen molar-refractivity contribution in [3.8, 4) is 6.07 Å². The van der Waals surface area contributed by atoms with E-state index in [4.69, 9.17) is 5.26 Å².